The van der Waals surface area contributed by atoms with Gasteiger partial charge < -0.3 is 14.1 Å². The molecule has 25 heavy (non-hydrogen) atoms. The Morgan fingerprint density at radius 2 is 2.04 bits per heavy atom. The predicted molar refractivity (Wildman–Crippen MR) is 87.8 cm³/mol. The molecule has 9 heteroatoms. The molecule has 2 heterocycles. The van der Waals surface area contributed by atoms with Gasteiger partial charge in [-0.3, -0.25) is 14.9 Å². The molecular formula is C16H17N5O4. The summed E-state index contributed by atoms with van der Waals surface area (Å²) in [5.74, 6) is -0.264. The number of furan rings is 1. The lowest BCUT2D eigenvalue weighted by molar-refractivity contribution is -0.145. The molecule has 2 rings (SSSR count). The zero-order valence-corrected chi connectivity index (χ0v) is 14.1. The molecule has 0 aromatic carbocycles. The normalized spacial score (nSPS) is 10.0. The smallest absolute Gasteiger partial charge is 0.326 e. The molecule has 130 valence electrons. The maximum Gasteiger partial charge on any atom is 0.326 e. The van der Waals surface area contributed by atoms with Crippen LogP contribution in [0.15, 0.2) is 22.9 Å². The van der Waals surface area contributed by atoms with Gasteiger partial charge in [-0.15, -0.1) is 0 Å². The number of hydrogen-bond donors (Lipinski definition) is 1. The van der Waals surface area contributed by atoms with Crippen molar-refractivity contribution in [3.05, 3.63) is 35.3 Å². The Morgan fingerprint density at radius 3 is 2.68 bits per heavy atom. The largest absolute Gasteiger partial charge is 0.454 e. The van der Waals surface area contributed by atoms with E-state index in [4.69, 9.17) is 14.4 Å². The SMILES string of the molecule is Cc1oc(NC(=O)COC(=O)CN(C)c2ncccn2)c(C#N)c1C. The summed E-state index contributed by atoms with van der Waals surface area (Å²) in [6.07, 6.45) is 3.11. The third-order valence-electron chi connectivity index (χ3n) is 3.37. The number of hydrogen-bond acceptors (Lipinski definition) is 8. The molecule has 1 N–H and O–H groups in total. The van der Waals surface area contributed by atoms with Crippen LogP contribution in [0.4, 0.5) is 11.8 Å². The van der Waals surface area contributed by atoms with Crippen molar-refractivity contribution in [3.63, 3.8) is 0 Å². The molecule has 0 aliphatic rings. The molecule has 0 aliphatic heterocycles. The van der Waals surface area contributed by atoms with Crippen molar-refractivity contribution in [1.29, 1.82) is 5.26 Å². The van der Waals surface area contributed by atoms with Gasteiger partial charge in [-0.25, -0.2) is 9.97 Å². The third-order valence-corrected chi connectivity index (χ3v) is 3.37. The quantitative estimate of drug-likeness (QED) is 0.776. The summed E-state index contributed by atoms with van der Waals surface area (Å²) >= 11 is 0. The van der Waals surface area contributed by atoms with E-state index in [0.29, 0.717) is 17.3 Å². The fraction of sp³-hybridized carbons (Fsp3) is 0.312. The number of nitrogens with one attached hydrogen (secondary N) is 1. The van der Waals surface area contributed by atoms with E-state index in [1.165, 1.54) is 4.90 Å². The summed E-state index contributed by atoms with van der Waals surface area (Å²) in [6.45, 7) is 2.80. The van der Waals surface area contributed by atoms with Crippen molar-refractivity contribution in [2.45, 2.75) is 13.8 Å². The van der Waals surface area contributed by atoms with Crippen LogP contribution >= 0.6 is 0 Å². The molecule has 2 aromatic heterocycles. The molecule has 0 fully saturated rings. The second-order valence-corrected chi connectivity index (χ2v) is 5.21. The summed E-state index contributed by atoms with van der Waals surface area (Å²) in [5, 5.41) is 11.5. The Labute approximate surface area is 144 Å². The molecule has 0 aliphatic carbocycles. The van der Waals surface area contributed by atoms with Crippen molar-refractivity contribution in [2.75, 3.05) is 30.4 Å². The van der Waals surface area contributed by atoms with Crippen molar-refractivity contribution < 1.29 is 18.7 Å². The van der Waals surface area contributed by atoms with Crippen LogP contribution in [-0.2, 0) is 14.3 Å². The van der Waals surface area contributed by atoms with Crippen LogP contribution in [0, 0.1) is 25.2 Å². The second-order valence-electron chi connectivity index (χ2n) is 5.21. The Balaban J connectivity index is 1.85. The third kappa shape index (κ3) is 4.54. The summed E-state index contributed by atoms with van der Waals surface area (Å²) in [7, 11) is 1.63. The molecule has 0 unspecified atom stereocenters. The van der Waals surface area contributed by atoms with Crippen LogP contribution in [0.1, 0.15) is 16.9 Å². The predicted octanol–water partition coefficient (Wildman–Crippen LogP) is 1.18. The molecule has 0 saturated heterocycles. The number of aryl methyl sites for hydroxylation is 1. The average Bonchev–Trinajstić information content (AvgIpc) is 2.87. The van der Waals surface area contributed by atoms with Gasteiger partial charge in [-0.1, -0.05) is 0 Å². The highest BCUT2D eigenvalue weighted by Crippen LogP contribution is 2.25. The van der Waals surface area contributed by atoms with Crippen LogP contribution in [0.3, 0.4) is 0 Å². The maximum absolute atomic E-state index is 11.9. The molecule has 9 nitrogen and oxygen atoms in total. The Hall–Kier alpha value is -3.41. The zero-order valence-electron chi connectivity index (χ0n) is 14.1. The number of carbonyl (C=O) groups is 2. The Kier molecular flexibility index (Phi) is 5.68. The van der Waals surface area contributed by atoms with Gasteiger partial charge in [0.15, 0.2) is 6.61 Å². The number of nitrogens with zero attached hydrogens (tertiary/aromatic N) is 4. The van der Waals surface area contributed by atoms with Gasteiger partial charge in [-0.2, -0.15) is 5.26 Å². The number of nitriles is 1. The van der Waals surface area contributed by atoms with E-state index in [9.17, 15) is 9.59 Å². The number of amides is 1. The highest BCUT2D eigenvalue weighted by Gasteiger charge is 2.18. The first kappa shape index (κ1) is 17.9. The molecular weight excluding hydrogens is 326 g/mol. The van der Waals surface area contributed by atoms with E-state index in [-0.39, 0.29) is 18.0 Å². The van der Waals surface area contributed by atoms with Gasteiger partial charge in [0.05, 0.1) is 0 Å². The summed E-state index contributed by atoms with van der Waals surface area (Å²) in [5.41, 5.74) is 0.900. The average molecular weight is 343 g/mol. The number of ether oxygens (including phenoxy) is 1. The van der Waals surface area contributed by atoms with Crippen LogP contribution in [0.2, 0.25) is 0 Å². The lowest BCUT2D eigenvalue weighted by atomic mass is 10.2. The first-order valence-corrected chi connectivity index (χ1v) is 7.36. The number of anilines is 2. The number of esters is 1. The van der Waals surface area contributed by atoms with E-state index in [1.54, 1.807) is 39.4 Å². The van der Waals surface area contributed by atoms with E-state index in [1.807, 2.05) is 6.07 Å². The maximum atomic E-state index is 11.9. The van der Waals surface area contributed by atoms with Crippen LogP contribution in [0.25, 0.3) is 0 Å². The van der Waals surface area contributed by atoms with Crippen molar-refractivity contribution in [2.24, 2.45) is 0 Å². The molecule has 0 saturated carbocycles. The molecule has 2 aromatic rings. The molecule has 0 bridgehead atoms. The van der Waals surface area contributed by atoms with Gasteiger partial charge in [0.2, 0.25) is 11.8 Å². The minimum Gasteiger partial charge on any atom is -0.454 e. The summed E-state index contributed by atoms with van der Waals surface area (Å²) < 4.78 is 10.2. The minimum absolute atomic E-state index is 0.0494. The Bertz CT molecular complexity index is 810. The number of carbonyl (C=O) groups excluding carboxylic acids is 2. The van der Waals surface area contributed by atoms with Gasteiger partial charge in [-0.05, 0) is 19.9 Å². The summed E-state index contributed by atoms with van der Waals surface area (Å²) in [4.78, 5) is 33.1. The number of rotatable bonds is 6. The molecule has 0 atom stereocenters. The van der Waals surface area contributed by atoms with Crippen LogP contribution in [-0.4, -0.2) is 42.0 Å². The standard InChI is InChI=1S/C16H17N5O4/c1-10-11(2)25-15(12(10)7-17)20-13(22)9-24-14(23)8-21(3)16-18-5-4-6-19-16/h4-6H,8-9H2,1-3H3,(H,20,22). The number of likely N-dealkylation sites (N-methyl/N-ethyl adjacent to an activating group) is 1. The first-order valence-electron chi connectivity index (χ1n) is 7.36. The monoisotopic (exact) mass is 343 g/mol. The van der Waals surface area contributed by atoms with Crippen molar-refractivity contribution in [3.8, 4) is 6.07 Å². The van der Waals surface area contributed by atoms with E-state index >= 15 is 0 Å². The van der Waals surface area contributed by atoms with E-state index in [2.05, 4.69) is 15.3 Å². The van der Waals surface area contributed by atoms with E-state index < -0.39 is 18.5 Å². The Morgan fingerprint density at radius 1 is 1.36 bits per heavy atom. The molecule has 0 spiro atoms. The number of aromatic nitrogens is 2. The zero-order chi connectivity index (χ0) is 18.4. The van der Waals surface area contributed by atoms with E-state index in [0.717, 1.165) is 0 Å². The van der Waals surface area contributed by atoms with Crippen molar-refractivity contribution in [1.82, 2.24) is 9.97 Å². The topological polar surface area (TPSA) is 121 Å². The highest BCUT2D eigenvalue weighted by atomic mass is 16.5. The lowest BCUT2D eigenvalue weighted by Crippen LogP contribution is -2.30. The first-order chi connectivity index (χ1) is 11.9. The fourth-order valence-corrected chi connectivity index (χ4v) is 1.96. The van der Waals surface area contributed by atoms with Gasteiger partial charge in [0, 0.05) is 25.0 Å². The second kappa shape index (κ2) is 7.92. The van der Waals surface area contributed by atoms with Gasteiger partial charge in [0.25, 0.3) is 5.91 Å². The minimum atomic E-state index is -0.614. The van der Waals surface area contributed by atoms with Gasteiger partial charge >= 0.3 is 5.97 Å². The van der Waals surface area contributed by atoms with Gasteiger partial charge in [0.1, 0.15) is 23.9 Å². The van der Waals surface area contributed by atoms with Crippen molar-refractivity contribution >= 4 is 23.7 Å². The fourth-order valence-electron chi connectivity index (χ4n) is 1.96. The lowest BCUT2D eigenvalue weighted by Gasteiger charge is -2.15. The van der Waals surface area contributed by atoms with Crippen LogP contribution in [0.5, 0.6) is 0 Å². The molecule has 0 radical (unpaired) electrons. The molecule has 1 amide bonds. The van der Waals surface area contributed by atoms with Crippen LogP contribution < -0.4 is 10.2 Å². The summed E-state index contributed by atoms with van der Waals surface area (Å²) in [6, 6.07) is 3.62. The highest BCUT2D eigenvalue weighted by molar-refractivity contribution is 5.93.